The van der Waals surface area contributed by atoms with Crippen LogP contribution in [0.5, 0.6) is 0 Å². The fourth-order valence-electron chi connectivity index (χ4n) is 5.37. The Morgan fingerprint density at radius 1 is 1.34 bits per heavy atom. The highest BCUT2D eigenvalue weighted by Crippen LogP contribution is 2.68. The minimum absolute atomic E-state index is 0.0361. The average Bonchev–Trinajstić information content (AvgIpc) is 3.25. The van der Waals surface area contributed by atoms with Crippen LogP contribution in [0.25, 0.3) is 0 Å². The van der Waals surface area contributed by atoms with Gasteiger partial charge in [-0.2, -0.15) is 0 Å². The number of carbonyl (C=O) groups excluding carboxylic acids is 3. The van der Waals surface area contributed by atoms with Gasteiger partial charge in [-0.15, -0.1) is 11.8 Å². The van der Waals surface area contributed by atoms with Crippen LogP contribution in [0.15, 0.2) is 0 Å². The molecular formula is C20H32BrN3O4S. The Hall–Kier alpha value is -0.800. The van der Waals surface area contributed by atoms with E-state index in [1.54, 1.807) is 23.7 Å². The van der Waals surface area contributed by atoms with Gasteiger partial charge in [-0.25, -0.2) is 0 Å². The first kappa shape index (κ1) is 22.9. The summed E-state index contributed by atoms with van der Waals surface area (Å²) < 4.78 is -0.660. The van der Waals surface area contributed by atoms with Crippen molar-refractivity contribution in [3.05, 3.63) is 0 Å². The minimum atomic E-state index is -0.696. The van der Waals surface area contributed by atoms with Crippen LogP contribution in [0.2, 0.25) is 0 Å². The number of aliphatic hydroxyl groups excluding tert-OH is 1. The number of fused-ring (bicyclic) bond motifs is 1. The van der Waals surface area contributed by atoms with E-state index >= 15 is 0 Å². The lowest BCUT2D eigenvalue weighted by Gasteiger charge is -2.39. The van der Waals surface area contributed by atoms with Gasteiger partial charge in [-0.05, 0) is 26.2 Å². The quantitative estimate of drug-likeness (QED) is 0.465. The van der Waals surface area contributed by atoms with Crippen LogP contribution in [-0.4, -0.2) is 74.3 Å². The highest BCUT2D eigenvalue weighted by Gasteiger charge is 2.76. The van der Waals surface area contributed by atoms with Gasteiger partial charge in [0.1, 0.15) is 6.04 Å². The number of likely N-dealkylation sites (tertiary alicyclic amines) is 1. The molecule has 3 aliphatic rings. The summed E-state index contributed by atoms with van der Waals surface area (Å²) in [5, 5.41) is 15.8. The standard InChI is InChI=1S/C20H32BrN3O4S/c1-6-10(4)12(8-25)24-16(18(27)23-9(2)3)20-7-11(21)15(29-20)13(17(26)22-5)14(20)19(24)28/h9-16,25H,6-8H2,1-5H3,(H,22,26)(H,23,27)/t10-,11?,12-,13+,14-,15+,16?,20?/m0/s1. The highest BCUT2D eigenvalue weighted by molar-refractivity contribution is 9.09. The number of thioether (sulfide) groups is 1. The van der Waals surface area contributed by atoms with Crippen molar-refractivity contribution in [2.45, 2.75) is 73.5 Å². The Bertz CT molecular complexity index is 693. The molecular weight excluding hydrogens is 458 g/mol. The van der Waals surface area contributed by atoms with Crippen LogP contribution in [0.4, 0.5) is 0 Å². The van der Waals surface area contributed by atoms with Crippen molar-refractivity contribution >= 4 is 45.4 Å². The second-order valence-electron chi connectivity index (χ2n) is 8.82. The largest absolute Gasteiger partial charge is 0.394 e. The van der Waals surface area contributed by atoms with Crippen molar-refractivity contribution in [2.75, 3.05) is 13.7 Å². The van der Waals surface area contributed by atoms with Crippen molar-refractivity contribution in [1.82, 2.24) is 15.5 Å². The molecule has 2 bridgehead atoms. The molecule has 0 aromatic carbocycles. The average molecular weight is 490 g/mol. The molecule has 0 aromatic heterocycles. The molecule has 3 fully saturated rings. The number of aliphatic hydroxyl groups is 1. The molecule has 3 aliphatic heterocycles. The van der Waals surface area contributed by atoms with Crippen molar-refractivity contribution in [3.63, 3.8) is 0 Å². The molecule has 1 spiro atoms. The first-order chi connectivity index (χ1) is 13.6. The number of nitrogens with zero attached hydrogens (tertiary/aromatic N) is 1. The lowest BCUT2D eigenvalue weighted by molar-refractivity contribution is -0.144. The Labute approximate surface area is 185 Å². The maximum absolute atomic E-state index is 13.8. The van der Waals surface area contributed by atoms with Crippen molar-refractivity contribution in [3.8, 4) is 0 Å². The molecule has 3 amide bonds. The smallest absolute Gasteiger partial charge is 0.244 e. The van der Waals surface area contributed by atoms with Gasteiger partial charge in [0, 0.05) is 23.2 Å². The van der Waals surface area contributed by atoms with Gasteiger partial charge >= 0.3 is 0 Å². The second-order valence-corrected chi connectivity index (χ2v) is 11.5. The molecule has 3 heterocycles. The number of nitrogens with one attached hydrogen (secondary N) is 2. The van der Waals surface area contributed by atoms with E-state index in [1.165, 1.54) is 0 Å². The van der Waals surface area contributed by atoms with E-state index in [-0.39, 0.29) is 46.4 Å². The Morgan fingerprint density at radius 2 is 2.00 bits per heavy atom. The molecule has 8 atom stereocenters. The van der Waals surface area contributed by atoms with Gasteiger partial charge in [0.05, 0.1) is 29.2 Å². The molecule has 7 nitrogen and oxygen atoms in total. The molecule has 3 saturated heterocycles. The molecule has 0 radical (unpaired) electrons. The van der Waals surface area contributed by atoms with E-state index in [2.05, 4.69) is 26.6 Å². The third-order valence-corrected chi connectivity index (χ3v) is 10.0. The summed E-state index contributed by atoms with van der Waals surface area (Å²) in [4.78, 5) is 41.6. The number of hydrogen-bond donors (Lipinski definition) is 3. The first-order valence-electron chi connectivity index (χ1n) is 10.4. The molecule has 164 valence electrons. The van der Waals surface area contributed by atoms with Gasteiger partial charge in [0.15, 0.2) is 0 Å². The van der Waals surface area contributed by atoms with E-state index in [4.69, 9.17) is 0 Å². The van der Waals surface area contributed by atoms with Crippen LogP contribution in [0.1, 0.15) is 40.5 Å². The summed E-state index contributed by atoms with van der Waals surface area (Å²) in [5.41, 5.74) is 0. The molecule has 3 unspecified atom stereocenters. The molecule has 0 saturated carbocycles. The lowest BCUT2D eigenvalue weighted by Crippen LogP contribution is -2.58. The van der Waals surface area contributed by atoms with Gasteiger partial charge in [-0.1, -0.05) is 36.2 Å². The third-order valence-electron chi connectivity index (χ3n) is 6.80. The normalized spacial score (nSPS) is 37.6. The number of rotatable bonds is 7. The Morgan fingerprint density at radius 3 is 2.52 bits per heavy atom. The fraction of sp³-hybridized carbons (Fsp3) is 0.850. The van der Waals surface area contributed by atoms with Gasteiger partial charge < -0.3 is 20.6 Å². The van der Waals surface area contributed by atoms with Gasteiger partial charge in [0.25, 0.3) is 0 Å². The van der Waals surface area contributed by atoms with E-state index < -0.39 is 28.7 Å². The zero-order valence-electron chi connectivity index (χ0n) is 17.6. The predicted octanol–water partition coefficient (Wildman–Crippen LogP) is 1.13. The second kappa shape index (κ2) is 8.38. The zero-order valence-corrected chi connectivity index (χ0v) is 20.0. The first-order valence-corrected chi connectivity index (χ1v) is 12.2. The van der Waals surface area contributed by atoms with Crippen LogP contribution >= 0.6 is 27.7 Å². The van der Waals surface area contributed by atoms with Gasteiger partial charge in [-0.3, -0.25) is 14.4 Å². The summed E-state index contributed by atoms with van der Waals surface area (Å²) in [6.07, 6.45) is 1.43. The minimum Gasteiger partial charge on any atom is -0.394 e. The van der Waals surface area contributed by atoms with Crippen LogP contribution in [0.3, 0.4) is 0 Å². The summed E-state index contributed by atoms with van der Waals surface area (Å²) >= 11 is 5.33. The predicted molar refractivity (Wildman–Crippen MR) is 117 cm³/mol. The van der Waals surface area contributed by atoms with Crippen LogP contribution in [0, 0.1) is 17.8 Å². The van der Waals surface area contributed by atoms with Gasteiger partial charge in [0.2, 0.25) is 17.7 Å². The summed E-state index contributed by atoms with van der Waals surface area (Å²) in [5.74, 6) is -1.51. The molecule has 9 heteroatoms. The summed E-state index contributed by atoms with van der Waals surface area (Å²) in [7, 11) is 1.59. The molecule has 3 N–H and O–H groups in total. The maximum atomic E-state index is 13.8. The van der Waals surface area contributed by atoms with E-state index in [0.717, 1.165) is 6.42 Å². The topological polar surface area (TPSA) is 98.7 Å². The number of amides is 3. The van der Waals surface area contributed by atoms with Crippen molar-refractivity contribution in [2.24, 2.45) is 17.8 Å². The SMILES string of the molecule is CC[C@H](C)[C@H](CO)N1C(=O)[C@@H]2[C@@H](C(=O)NC)[C@@H]3SC2(CC3Br)C1C(=O)NC(C)C. The number of hydrogen-bond acceptors (Lipinski definition) is 5. The monoisotopic (exact) mass is 489 g/mol. The Balaban J connectivity index is 2.11. The summed E-state index contributed by atoms with van der Waals surface area (Å²) in [6, 6.07) is -1.21. The van der Waals surface area contributed by atoms with Crippen molar-refractivity contribution < 1.29 is 19.5 Å². The van der Waals surface area contributed by atoms with Crippen LogP contribution in [-0.2, 0) is 14.4 Å². The molecule has 29 heavy (non-hydrogen) atoms. The molecule has 0 aromatic rings. The van der Waals surface area contributed by atoms with Crippen LogP contribution < -0.4 is 10.6 Å². The Kier molecular flexibility index (Phi) is 6.61. The third kappa shape index (κ3) is 3.41. The van der Waals surface area contributed by atoms with E-state index in [0.29, 0.717) is 6.42 Å². The summed E-state index contributed by atoms with van der Waals surface area (Å²) in [6.45, 7) is 7.59. The maximum Gasteiger partial charge on any atom is 0.244 e. The molecule has 0 aliphatic carbocycles. The van der Waals surface area contributed by atoms with E-state index in [9.17, 15) is 19.5 Å². The number of alkyl halides is 1. The zero-order chi connectivity index (χ0) is 21.7. The molecule has 3 rings (SSSR count). The highest BCUT2D eigenvalue weighted by atomic mass is 79.9. The fourth-order valence-corrected chi connectivity index (χ4v) is 8.97. The number of halogens is 1. The number of carbonyl (C=O) groups is 3. The van der Waals surface area contributed by atoms with Crippen molar-refractivity contribution in [1.29, 1.82) is 0 Å². The lowest BCUT2D eigenvalue weighted by atomic mass is 9.70. The van der Waals surface area contributed by atoms with E-state index in [1.807, 2.05) is 27.7 Å².